The van der Waals surface area contributed by atoms with Crippen molar-refractivity contribution in [1.82, 2.24) is 4.90 Å². The van der Waals surface area contributed by atoms with E-state index >= 15 is 0 Å². The molecule has 1 saturated heterocycles. The molecule has 2 fully saturated rings. The lowest BCUT2D eigenvalue weighted by atomic mass is 9.74. The third-order valence-corrected chi connectivity index (χ3v) is 5.88. The van der Waals surface area contributed by atoms with Crippen LogP contribution in [0.25, 0.3) is 0 Å². The summed E-state index contributed by atoms with van der Waals surface area (Å²) in [5, 5.41) is 0. The molecule has 2 aliphatic heterocycles. The van der Waals surface area contributed by atoms with Crippen LogP contribution in [0.1, 0.15) is 31.2 Å². The molecule has 1 spiro atoms. The largest absolute Gasteiger partial charge is 0.375 e. The molecule has 24 heavy (non-hydrogen) atoms. The summed E-state index contributed by atoms with van der Waals surface area (Å²) in [5.74, 6) is 0.709. The van der Waals surface area contributed by atoms with Crippen LogP contribution in [0.5, 0.6) is 0 Å². The number of ether oxygens (including phenoxy) is 1. The zero-order valence-corrected chi connectivity index (χ0v) is 14.3. The fourth-order valence-corrected chi connectivity index (χ4v) is 4.35. The van der Waals surface area contributed by atoms with E-state index in [2.05, 4.69) is 4.90 Å². The first-order chi connectivity index (χ1) is 11.6. The highest BCUT2D eigenvalue weighted by atomic mass is 19.1. The minimum Gasteiger partial charge on any atom is -0.375 e. The van der Waals surface area contributed by atoms with Gasteiger partial charge < -0.3 is 14.5 Å². The summed E-state index contributed by atoms with van der Waals surface area (Å²) < 4.78 is 18.9. The van der Waals surface area contributed by atoms with Crippen LogP contribution in [0.15, 0.2) is 18.2 Å². The van der Waals surface area contributed by atoms with Gasteiger partial charge >= 0.3 is 0 Å². The smallest absolute Gasteiger partial charge is 0.248 e. The number of likely N-dealkylation sites (tertiary alicyclic amines) is 1. The summed E-state index contributed by atoms with van der Waals surface area (Å²) in [6.07, 6.45) is 4.44. The number of benzene rings is 1. The monoisotopic (exact) mass is 332 g/mol. The Bertz CT molecular complexity index is 636. The molecule has 130 valence electrons. The van der Waals surface area contributed by atoms with E-state index in [-0.39, 0.29) is 23.7 Å². The Balaban J connectivity index is 1.55. The summed E-state index contributed by atoms with van der Waals surface area (Å²) in [6.45, 7) is 3.66. The molecule has 0 unspecified atom stereocenters. The average molecular weight is 332 g/mol. The first-order valence-electron chi connectivity index (χ1n) is 8.93. The Labute approximate surface area is 142 Å². The van der Waals surface area contributed by atoms with E-state index < -0.39 is 0 Å². The standard InChI is InChI=1S/C19H25FN2O2/c1-24-12-18(23)21-8-6-19(7-9-21)13-22(11-14-2-3-14)17-5-4-15(20)10-16(17)19/h4-5,10,14H,2-3,6-9,11-13H2,1H3. The van der Waals surface area contributed by atoms with Crippen LogP contribution in [-0.2, 0) is 14.9 Å². The van der Waals surface area contributed by atoms with E-state index in [1.807, 2.05) is 11.0 Å². The molecule has 3 aliphatic rings. The van der Waals surface area contributed by atoms with Crippen molar-refractivity contribution in [1.29, 1.82) is 0 Å². The predicted octanol–water partition coefficient (Wildman–Crippen LogP) is 2.56. The van der Waals surface area contributed by atoms with Crippen molar-refractivity contribution in [2.45, 2.75) is 31.1 Å². The molecule has 0 aromatic heterocycles. The molecule has 1 amide bonds. The first kappa shape index (κ1) is 15.9. The minimum atomic E-state index is -0.153. The molecule has 4 rings (SSSR count). The maximum absolute atomic E-state index is 13.9. The number of halogens is 1. The second kappa shape index (κ2) is 6.03. The van der Waals surface area contributed by atoms with Crippen molar-refractivity contribution >= 4 is 11.6 Å². The molecule has 0 atom stereocenters. The number of amides is 1. The molecule has 4 nitrogen and oxygen atoms in total. The van der Waals surface area contributed by atoms with Crippen LogP contribution in [0.4, 0.5) is 10.1 Å². The van der Waals surface area contributed by atoms with Crippen LogP contribution >= 0.6 is 0 Å². The highest BCUT2D eigenvalue weighted by molar-refractivity contribution is 5.77. The Morgan fingerprint density at radius 2 is 2.08 bits per heavy atom. The van der Waals surface area contributed by atoms with Crippen molar-refractivity contribution in [3.05, 3.63) is 29.6 Å². The third-order valence-electron chi connectivity index (χ3n) is 5.88. The van der Waals surface area contributed by atoms with Crippen molar-refractivity contribution < 1.29 is 13.9 Å². The van der Waals surface area contributed by atoms with E-state index in [1.54, 1.807) is 19.2 Å². The Morgan fingerprint density at radius 1 is 1.33 bits per heavy atom. The normalized spacial score (nSPS) is 22.1. The summed E-state index contributed by atoms with van der Waals surface area (Å²) in [7, 11) is 1.55. The number of carbonyl (C=O) groups is 1. The lowest BCUT2D eigenvalue weighted by Crippen LogP contribution is -2.48. The molecule has 1 aromatic carbocycles. The zero-order chi connectivity index (χ0) is 16.7. The number of rotatable bonds is 4. The summed E-state index contributed by atoms with van der Waals surface area (Å²) in [6, 6.07) is 5.26. The van der Waals surface area contributed by atoms with Crippen LogP contribution in [0.3, 0.4) is 0 Å². The van der Waals surface area contributed by atoms with Gasteiger partial charge in [-0.15, -0.1) is 0 Å². The molecule has 1 aliphatic carbocycles. The quantitative estimate of drug-likeness (QED) is 0.849. The van der Waals surface area contributed by atoms with Gasteiger partial charge in [0.25, 0.3) is 0 Å². The van der Waals surface area contributed by atoms with Crippen molar-refractivity contribution in [2.75, 3.05) is 44.8 Å². The number of anilines is 1. The molecule has 2 heterocycles. The van der Waals surface area contributed by atoms with Gasteiger partial charge in [-0.25, -0.2) is 4.39 Å². The van der Waals surface area contributed by atoms with Crippen LogP contribution < -0.4 is 4.90 Å². The Morgan fingerprint density at radius 3 is 2.75 bits per heavy atom. The first-order valence-corrected chi connectivity index (χ1v) is 8.93. The van der Waals surface area contributed by atoms with Gasteiger partial charge in [0.05, 0.1) is 0 Å². The van der Waals surface area contributed by atoms with E-state index in [0.29, 0.717) is 0 Å². The zero-order valence-electron chi connectivity index (χ0n) is 14.3. The van der Waals surface area contributed by atoms with E-state index in [0.717, 1.165) is 50.5 Å². The van der Waals surface area contributed by atoms with Gasteiger partial charge in [0.1, 0.15) is 12.4 Å². The van der Waals surface area contributed by atoms with Gasteiger partial charge in [-0.2, -0.15) is 0 Å². The van der Waals surface area contributed by atoms with E-state index in [1.165, 1.54) is 18.5 Å². The molecular formula is C19H25FN2O2. The highest BCUT2D eigenvalue weighted by Gasteiger charge is 2.46. The van der Waals surface area contributed by atoms with Gasteiger partial charge in [0, 0.05) is 44.4 Å². The van der Waals surface area contributed by atoms with Crippen molar-refractivity contribution in [3.8, 4) is 0 Å². The lowest BCUT2D eigenvalue weighted by Gasteiger charge is -2.40. The topological polar surface area (TPSA) is 32.8 Å². The number of fused-ring (bicyclic) bond motifs is 2. The van der Waals surface area contributed by atoms with E-state index in [4.69, 9.17) is 4.74 Å². The summed E-state index contributed by atoms with van der Waals surface area (Å²) in [5.41, 5.74) is 2.36. The Hall–Kier alpha value is -1.62. The maximum Gasteiger partial charge on any atom is 0.248 e. The molecule has 1 saturated carbocycles. The average Bonchev–Trinajstić information content (AvgIpc) is 3.34. The number of hydrogen-bond acceptors (Lipinski definition) is 3. The fourth-order valence-electron chi connectivity index (χ4n) is 4.35. The predicted molar refractivity (Wildman–Crippen MR) is 90.7 cm³/mol. The molecule has 1 aromatic rings. The van der Waals surface area contributed by atoms with E-state index in [9.17, 15) is 9.18 Å². The maximum atomic E-state index is 13.9. The SMILES string of the molecule is COCC(=O)N1CCC2(CC1)CN(CC1CC1)c1ccc(F)cc12. The second-order valence-electron chi connectivity index (χ2n) is 7.58. The highest BCUT2D eigenvalue weighted by Crippen LogP contribution is 2.48. The van der Waals surface area contributed by atoms with Gasteiger partial charge in [0.2, 0.25) is 5.91 Å². The summed E-state index contributed by atoms with van der Waals surface area (Å²) in [4.78, 5) is 16.4. The molecule has 0 bridgehead atoms. The molecule has 5 heteroatoms. The number of carbonyl (C=O) groups excluding carboxylic acids is 1. The van der Waals surface area contributed by atoms with Crippen molar-refractivity contribution in [2.24, 2.45) is 5.92 Å². The van der Waals surface area contributed by atoms with Crippen LogP contribution in [0, 0.1) is 11.7 Å². The summed E-state index contributed by atoms with van der Waals surface area (Å²) >= 11 is 0. The number of hydrogen-bond donors (Lipinski definition) is 0. The van der Waals surface area contributed by atoms with Crippen LogP contribution in [0.2, 0.25) is 0 Å². The lowest BCUT2D eigenvalue weighted by molar-refractivity contribution is -0.136. The van der Waals surface area contributed by atoms with Crippen LogP contribution in [-0.4, -0.2) is 50.7 Å². The second-order valence-corrected chi connectivity index (χ2v) is 7.58. The Kier molecular flexibility index (Phi) is 3.99. The fraction of sp³-hybridized carbons (Fsp3) is 0.632. The molecule has 0 radical (unpaired) electrons. The third kappa shape index (κ3) is 2.79. The van der Waals surface area contributed by atoms with Gasteiger partial charge in [0.15, 0.2) is 0 Å². The van der Waals surface area contributed by atoms with Gasteiger partial charge in [-0.3, -0.25) is 4.79 Å². The number of piperidine rings is 1. The molecule has 0 N–H and O–H groups in total. The number of nitrogens with zero attached hydrogens (tertiary/aromatic N) is 2. The minimum absolute atomic E-state index is 0.00379. The van der Waals surface area contributed by atoms with Gasteiger partial charge in [-0.05, 0) is 55.4 Å². The van der Waals surface area contributed by atoms with Gasteiger partial charge in [-0.1, -0.05) is 0 Å². The molecular weight excluding hydrogens is 307 g/mol. The van der Waals surface area contributed by atoms with Crippen molar-refractivity contribution in [3.63, 3.8) is 0 Å². The number of methoxy groups -OCH3 is 1.